The van der Waals surface area contributed by atoms with Crippen LogP contribution in [-0.4, -0.2) is 31.6 Å². The van der Waals surface area contributed by atoms with E-state index in [9.17, 15) is 14.0 Å². The Hall–Kier alpha value is -2.21. The van der Waals surface area contributed by atoms with Crippen molar-refractivity contribution in [1.82, 2.24) is 0 Å². The minimum Gasteiger partial charge on any atom is -0.472 e. The largest absolute Gasteiger partial charge is 0.472 e. The van der Waals surface area contributed by atoms with Gasteiger partial charge in [-0.05, 0) is 19.3 Å². The molecule has 2 N–H and O–H groups in total. The monoisotopic (exact) mass is 337 g/mol. The van der Waals surface area contributed by atoms with Crippen LogP contribution in [0.1, 0.15) is 32.1 Å². The first-order chi connectivity index (χ1) is 11.5. The van der Waals surface area contributed by atoms with Crippen molar-refractivity contribution in [3.63, 3.8) is 0 Å². The number of rotatable bonds is 8. The molecule has 0 aromatic rings. The molecule has 0 unspecified atom stereocenters. The summed E-state index contributed by atoms with van der Waals surface area (Å²) in [5.74, 6) is -0.281. The Balaban J connectivity index is 2.64. The van der Waals surface area contributed by atoms with Gasteiger partial charge < -0.3 is 15.2 Å². The Morgan fingerprint density at radius 2 is 2.17 bits per heavy atom. The molecule has 0 radical (unpaired) electrons. The third-order valence-electron chi connectivity index (χ3n) is 3.32. The van der Waals surface area contributed by atoms with Crippen molar-refractivity contribution >= 4 is 11.6 Å². The topological polar surface area (TPSA) is 78.6 Å². The molecule has 0 spiro atoms. The van der Waals surface area contributed by atoms with Gasteiger partial charge in [0.2, 0.25) is 0 Å². The number of halogens is 1. The van der Waals surface area contributed by atoms with Gasteiger partial charge in [0.25, 0.3) is 0 Å². The van der Waals surface area contributed by atoms with Crippen LogP contribution in [0.2, 0.25) is 0 Å². The van der Waals surface area contributed by atoms with Crippen LogP contribution in [0.3, 0.4) is 0 Å². The maximum absolute atomic E-state index is 12.3. The summed E-state index contributed by atoms with van der Waals surface area (Å²) in [7, 11) is 0. The van der Waals surface area contributed by atoms with Gasteiger partial charge in [0.15, 0.2) is 18.4 Å². The van der Waals surface area contributed by atoms with Gasteiger partial charge in [-0.2, -0.15) is 0 Å². The van der Waals surface area contributed by atoms with Crippen molar-refractivity contribution in [2.24, 2.45) is 5.73 Å². The highest BCUT2D eigenvalue weighted by Gasteiger charge is 2.15. The van der Waals surface area contributed by atoms with Gasteiger partial charge in [-0.15, -0.1) is 0 Å². The molecule has 0 aromatic carbocycles. The van der Waals surface area contributed by atoms with Gasteiger partial charge in [-0.25, -0.2) is 0 Å². The first-order valence-corrected chi connectivity index (χ1v) is 7.87. The molecule has 0 aromatic heterocycles. The van der Waals surface area contributed by atoms with Gasteiger partial charge in [-0.1, -0.05) is 30.9 Å². The van der Waals surface area contributed by atoms with Crippen LogP contribution in [0.25, 0.3) is 0 Å². The zero-order valence-corrected chi connectivity index (χ0v) is 13.8. The third-order valence-corrected chi connectivity index (χ3v) is 3.32. The van der Waals surface area contributed by atoms with Crippen molar-refractivity contribution in [3.05, 3.63) is 47.9 Å². The van der Waals surface area contributed by atoms with Gasteiger partial charge in [0.1, 0.15) is 0 Å². The summed E-state index contributed by atoms with van der Waals surface area (Å²) in [6, 6.07) is 0. The number of nitrogens with two attached hydrogens (primary N) is 1. The normalized spacial score (nSPS) is 19.8. The standard InChI is InChI=1S/C18H24FNO4/c1-14-8-9-15(6-5-11-23-13-24-14)17(21)12-18(22)16(20)7-3-2-4-10-19/h5-7,9H,1-4,8,10-13,20H2/b6-5-,15-9+,16-7-. The summed E-state index contributed by atoms with van der Waals surface area (Å²) in [5.41, 5.74) is 6.11. The fourth-order valence-electron chi connectivity index (χ4n) is 1.93. The fourth-order valence-corrected chi connectivity index (χ4v) is 1.93. The van der Waals surface area contributed by atoms with Crippen molar-refractivity contribution in [3.8, 4) is 0 Å². The number of hydrogen-bond acceptors (Lipinski definition) is 5. The summed E-state index contributed by atoms with van der Waals surface area (Å²) < 4.78 is 22.4. The van der Waals surface area contributed by atoms with Crippen molar-refractivity contribution in [1.29, 1.82) is 0 Å². The number of unbranched alkanes of at least 4 members (excludes halogenated alkanes) is 2. The molecule has 0 saturated heterocycles. The van der Waals surface area contributed by atoms with Crippen LogP contribution in [0.4, 0.5) is 4.39 Å². The van der Waals surface area contributed by atoms with E-state index in [2.05, 4.69) is 6.58 Å². The number of ketones is 2. The highest BCUT2D eigenvalue weighted by atomic mass is 19.1. The maximum Gasteiger partial charge on any atom is 0.188 e. The Kier molecular flexibility index (Phi) is 9.38. The molecule has 6 heteroatoms. The molecule has 1 heterocycles. The molecule has 132 valence electrons. The Bertz CT molecular complexity index is 549. The van der Waals surface area contributed by atoms with Crippen LogP contribution in [0.15, 0.2) is 47.9 Å². The van der Waals surface area contributed by atoms with E-state index in [1.165, 1.54) is 0 Å². The molecule has 0 saturated carbocycles. The molecule has 1 aliphatic rings. The zero-order chi connectivity index (χ0) is 17.8. The minimum atomic E-state index is -0.432. The molecule has 1 rings (SSSR count). The summed E-state index contributed by atoms with van der Waals surface area (Å²) >= 11 is 0. The van der Waals surface area contributed by atoms with E-state index in [1.807, 2.05) is 0 Å². The number of Topliss-reactive ketones (excluding diaryl/α,β-unsaturated/α-hetero) is 2. The Morgan fingerprint density at radius 3 is 2.92 bits per heavy atom. The highest BCUT2D eigenvalue weighted by Crippen LogP contribution is 2.12. The van der Waals surface area contributed by atoms with E-state index in [4.69, 9.17) is 15.2 Å². The van der Waals surface area contributed by atoms with Crippen molar-refractivity contribution in [2.75, 3.05) is 20.1 Å². The number of allylic oxidation sites excluding steroid dienone is 5. The first kappa shape index (κ1) is 19.8. The third kappa shape index (κ3) is 7.87. The highest BCUT2D eigenvalue weighted by molar-refractivity contribution is 6.13. The molecule has 5 nitrogen and oxygen atoms in total. The number of carbonyl (C=O) groups is 2. The lowest BCUT2D eigenvalue weighted by molar-refractivity contribution is -0.122. The second-order valence-corrected chi connectivity index (χ2v) is 5.30. The smallest absolute Gasteiger partial charge is 0.188 e. The number of ether oxygens (including phenoxy) is 2. The number of carbonyl (C=O) groups excluding carboxylic acids is 2. The first-order valence-electron chi connectivity index (χ1n) is 7.87. The number of hydrogen-bond donors (Lipinski definition) is 1. The van der Waals surface area contributed by atoms with Crippen LogP contribution in [-0.2, 0) is 19.1 Å². The van der Waals surface area contributed by atoms with E-state index in [1.54, 1.807) is 24.3 Å². The minimum absolute atomic E-state index is 0.0442. The van der Waals surface area contributed by atoms with Crippen molar-refractivity contribution < 1.29 is 23.5 Å². The van der Waals surface area contributed by atoms with Gasteiger partial charge in [-0.3, -0.25) is 14.0 Å². The summed E-state index contributed by atoms with van der Waals surface area (Å²) in [4.78, 5) is 24.3. The number of alkyl halides is 1. The lowest BCUT2D eigenvalue weighted by Gasteiger charge is -2.10. The molecule has 24 heavy (non-hydrogen) atoms. The van der Waals surface area contributed by atoms with E-state index < -0.39 is 5.78 Å². The lowest BCUT2D eigenvalue weighted by Crippen LogP contribution is -2.16. The summed E-state index contributed by atoms with van der Waals surface area (Å²) in [5, 5.41) is 0. The SMILES string of the molecule is C=C1C/C=C(C(=O)CC(=O)/C(N)=C/CCCCF)\C=C/COCO1. The van der Waals surface area contributed by atoms with E-state index >= 15 is 0 Å². The predicted octanol–water partition coefficient (Wildman–Crippen LogP) is 2.89. The molecule has 0 atom stereocenters. The second kappa shape index (κ2) is 11.3. The van der Waals surface area contributed by atoms with E-state index in [-0.39, 0.29) is 31.4 Å². The molecular formula is C18H24FNO4. The molecule has 0 amide bonds. The predicted molar refractivity (Wildman–Crippen MR) is 89.6 cm³/mol. The Morgan fingerprint density at radius 1 is 1.38 bits per heavy atom. The molecule has 0 fully saturated rings. The van der Waals surface area contributed by atoms with Gasteiger partial charge in [0, 0.05) is 12.0 Å². The van der Waals surface area contributed by atoms with Gasteiger partial charge >= 0.3 is 0 Å². The maximum atomic E-state index is 12.3. The van der Waals surface area contributed by atoms with Crippen molar-refractivity contribution in [2.45, 2.75) is 32.1 Å². The summed E-state index contributed by atoms with van der Waals surface area (Å²) in [6.07, 6.45) is 8.14. The quantitative estimate of drug-likeness (QED) is 0.418. The molecule has 0 aliphatic carbocycles. The van der Waals surface area contributed by atoms with Crippen LogP contribution in [0.5, 0.6) is 0 Å². The van der Waals surface area contributed by atoms with Crippen LogP contribution >= 0.6 is 0 Å². The van der Waals surface area contributed by atoms with Crippen LogP contribution < -0.4 is 5.73 Å². The molecule has 1 aliphatic heterocycles. The van der Waals surface area contributed by atoms with Gasteiger partial charge in [0.05, 0.1) is 31.2 Å². The fraction of sp³-hybridized carbons (Fsp3) is 0.444. The average Bonchev–Trinajstić information content (AvgIpc) is 2.57. The second-order valence-electron chi connectivity index (χ2n) is 5.30. The molecule has 0 bridgehead atoms. The lowest BCUT2D eigenvalue weighted by atomic mass is 10.0. The van der Waals surface area contributed by atoms with Crippen LogP contribution in [0, 0.1) is 0 Å². The summed E-state index contributed by atoms with van der Waals surface area (Å²) in [6.45, 7) is 3.73. The zero-order valence-electron chi connectivity index (χ0n) is 13.8. The Labute approximate surface area is 141 Å². The average molecular weight is 337 g/mol. The molecular weight excluding hydrogens is 313 g/mol. The van der Waals surface area contributed by atoms with E-state index in [0.29, 0.717) is 43.6 Å². The van der Waals surface area contributed by atoms with E-state index in [0.717, 1.165) is 0 Å².